The highest BCUT2D eigenvalue weighted by molar-refractivity contribution is 5.92. The number of rotatable bonds is 10. The predicted octanol–water partition coefficient (Wildman–Crippen LogP) is 7.93. The largest absolute Gasteiger partial charge is 0.490 e. The van der Waals surface area contributed by atoms with Crippen molar-refractivity contribution in [2.75, 3.05) is 6.61 Å². The molecule has 0 amide bonds. The Labute approximate surface area is 181 Å². The van der Waals surface area contributed by atoms with Gasteiger partial charge in [-0.2, -0.15) is 8.78 Å². The third kappa shape index (κ3) is 5.81. The first-order chi connectivity index (χ1) is 15.0. The van der Waals surface area contributed by atoms with E-state index in [1.165, 1.54) is 6.07 Å². The Morgan fingerprint density at radius 3 is 2.45 bits per heavy atom. The minimum Gasteiger partial charge on any atom is -0.490 e. The lowest BCUT2D eigenvalue weighted by Crippen LogP contribution is -2.05. The molecule has 0 spiro atoms. The molecule has 0 fully saturated rings. The van der Waals surface area contributed by atoms with Crippen LogP contribution in [-0.4, -0.2) is 13.2 Å². The molecule has 3 aromatic rings. The zero-order chi connectivity index (χ0) is 22.2. The fourth-order valence-electron chi connectivity index (χ4n) is 3.54. The molecule has 0 saturated heterocycles. The first-order valence-corrected chi connectivity index (χ1v) is 10.6. The number of fused-ring (bicyclic) bond motifs is 1. The average molecular weight is 428 g/mol. The molecule has 3 aromatic carbocycles. The van der Waals surface area contributed by atoms with E-state index in [1.807, 2.05) is 31.2 Å². The summed E-state index contributed by atoms with van der Waals surface area (Å²) in [6.45, 7) is 1.40. The molecule has 164 valence electrons. The summed E-state index contributed by atoms with van der Waals surface area (Å²) in [5, 5.41) is 0.932. The Morgan fingerprint density at radius 2 is 1.77 bits per heavy atom. The number of hydrogen-bond acceptors (Lipinski definition) is 2. The maximum Gasteiger partial charge on any atom is 0.387 e. The molecule has 0 radical (unpaired) electrons. The number of aryl methyl sites for hydroxylation is 1. The molecule has 0 bridgehead atoms. The highest BCUT2D eigenvalue weighted by atomic mass is 19.3. The van der Waals surface area contributed by atoms with Crippen molar-refractivity contribution >= 4 is 10.8 Å². The second kappa shape index (κ2) is 10.9. The van der Waals surface area contributed by atoms with Crippen molar-refractivity contribution in [1.29, 1.82) is 0 Å². The van der Waals surface area contributed by atoms with E-state index < -0.39 is 12.4 Å². The number of alkyl halides is 2. The van der Waals surface area contributed by atoms with Crippen LogP contribution in [0.3, 0.4) is 0 Å². The molecule has 3 rings (SSSR count). The molecule has 0 aliphatic rings. The van der Waals surface area contributed by atoms with Gasteiger partial charge in [-0.3, -0.25) is 0 Å². The van der Waals surface area contributed by atoms with Crippen LogP contribution in [-0.2, 0) is 6.42 Å². The SMILES string of the molecule is CC=CCOc1ccc(-c2c(OC(F)F)cc3cc(CCCCC)ccc3c2F)cc1. The average Bonchev–Trinajstić information content (AvgIpc) is 2.74. The predicted molar refractivity (Wildman–Crippen MR) is 120 cm³/mol. The Balaban J connectivity index is 2.00. The van der Waals surface area contributed by atoms with Gasteiger partial charge < -0.3 is 9.47 Å². The molecule has 0 unspecified atom stereocenters. The minimum atomic E-state index is -3.05. The van der Waals surface area contributed by atoms with Crippen molar-refractivity contribution in [3.63, 3.8) is 0 Å². The zero-order valence-corrected chi connectivity index (χ0v) is 17.8. The van der Waals surface area contributed by atoms with Crippen molar-refractivity contribution in [2.24, 2.45) is 0 Å². The van der Waals surface area contributed by atoms with E-state index in [2.05, 4.69) is 6.92 Å². The molecule has 0 atom stereocenters. The normalized spacial score (nSPS) is 11.5. The second-order valence-electron chi connectivity index (χ2n) is 7.36. The van der Waals surface area contributed by atoms with Crippen LogP contribution in [0.4, 0.5) is 13.2 Å². The molecule has 0 aromatic heterocycles. The monoisotopic (exact) mass is 428 g/mol. The van der Waals surface area contributed by atoms with Crippen molar-refractivity contribution in [2.45, 2.75) is 46.1 Å². The fourth-order valence-corrected chi connectivity index (χ4v) is 3.54. The molecule has 0 N–H and O–H groups in total. The number of ether oxygens (including phenoxy) is 2. The summed E-state index contributed by atoms with van der Waals surface area (Å²) in [4.78, 5) is 0. The van der Waals surface area contributed by atoms with Gasteiger partial charge >= 0.3 is 6.61 Å². The third-order valence-corrected chi connectivity index (χ3v) is 5.11. The van der Waals surface area contributed by atoms with Crippen LogP contribution in [0, 0.1) is 5.82 Å². The fraction of sp³-hybridized carbons (Fsp3) is 0.308. The molecular formula is C26H27F3O2. The molecule has 0 saturated carbocycles. The zero-order valence-electron chi connectivity index (χ0n) is 17.8. The topological polar surface area (TPSA) is 18.5 Å². The van der Waals surface area contributed by atoms with Crippen LogP contribution in [0.25, 0.3) is 21.9 Å². The van der Waals surface area contributed by atoms with Gasteiger partial charge in [0.2, 0.25) is 0 Å². The summed E-state index contributed by atoms with van der Waals surface area (Å²) in [6, 6.07) is 13.6. The van der Waals surface area contributed by atoms with Gasteiger partial charge in [-0.05, 0) is 54.5 Å². The maximum absolute atomic E-state index is 15.5. The van der Waals surface area contributed by atoms with E-state index >= 15 is 4.39 Å². The Bertz CT molecular complexity index is 1030. The Kier molecular flexibility index (Phi) is 7.99. The summed E-state index contributed by atoms with van der Waals surface area (Å²) < 4.78 is 52.0. The lowest BCUT2D eigenvalue weighted by molar-refractivity contribution is -0.0494. The van der Waals surface area contributed by atoms with E-state index in [1.54, 1.807) is 30.3 Å². The van der Waals surface area contributed by atoms with Gasteiger partial charge in [0.15, 0.2) is 0 Å². The van der Waals surface area contributed by atoms with Crippen LogP contribution in [0.5, 0.6) is 11.5 Å². The lowest BCUT2D eigenvalue weighted by atomic mass is 9.96. The first kappa shape index (κ1) is 22.7. The Hall–Kier alpha value is -2.95. The van der Waals surface area contributed by atoms with E-state index in [-0.39, 0.29) is 11.3 Å². The number of halogens is 3. The number of unbranched alkanes of at least 4 members (excludes halogenated alkanes) is 2. The van der Waals surface area contributed by atoms with Crippen LogP contribution < -0.4 is 9.47 Å². The smallest absolute Gasteiger partial charge is 0.387 e. The molecule has 2 nitrogen and oxygen atoms in total. The van der Waals surface area contributed by atoms with E-state index in [0.717, 1.165) is 31.2 Å². The quantitative estimate of drug-likeness (QED) is 0.241. The third-order valence-electron chi connectivity index (χ3n) is 5.11. The van der Waals surface area contributed by atoms with E-state index in [4.69, 9.17) is 9.47 Å². The van der Waals surface area contributed by atoms with E-state index in [0.29, 0.717) is 28.7 Å². The van der Waals surface area contributed by atoms with Crippen LogP contribution in [0.2, 0.25) is 0 Å². The van der Waals surface area contributed by atoms with Crippen molar-refractivity contribution in [1.82, 2.24) is 0 Å². The van der Waals surface area contributed by atoms with Crippen molar-refractivity contribution in [3.8, 4) is 22.6 Å². The lowest BCUT2D eigenvalue weighted by Gasteiger charge is -2.15. The molecule has 0 aliphatic heterocycles. The summed E-state index contributed by atoms with van der Waals surface area (Å²) in [5.41, 5.74) is 1.52. The number of benzene rings is 3. The molecule has 0 heterocycles. The van der Waals surface area contributed by atoms with Gasteiger partial charge in [-0.15, -0.1) is 0 Å². The van der Waals surface area contributed by atoms with E-state index in [9.17, 15) is 8.78 Å². The van der Waals surface area contributed by atoms with Gasteiger partial charge in [0.25, 0.3) is 0 Å². The molecule has 31 heavy (non-hydrogen) atoms. The Morgan fingerprint density at radius 1 is 1.00 bits per heavy atom. The standard InChI is InChI=1S/C26H27F3O2/c1-3-5-7-8-18-9-14-22-20(16-18)17-23(31-26(28)29)24(25(22)27)19-10-12-21(13-11-19)30-15-6-4-2/h4,6,9-14,16-17,26H,3,5,7-8,15H2,1-2H3. The van der Waals surface area contributed by atoms with Crippen LogP contribution in [0.1, 0.15) is 38.7 Å². The summed E-state index contributed by atoms with van der Waals surface area (Å²) in [7, 11) is 0. The van der Waals surface area contributed by atoms with Crippen molar-refractivity contribution in [3.05, 3.63) is 72.1 Å². The first-order valence-electron chi connectivity index (χ1n) is 10.6. The summed E-state index contributed by atoms with van der Waals surface area (Å²) >= 11 is 0. The number of hydrogen-bond donors (Lipinski definition) is 0. The van der Waals surface area contributed by atoms with Crippen molar-refractivity contribution < 1.29 is 22.6 Å². The van der Waals surface area contributed by atoms with Gasteiger partial charge in [0.05, 0.1) is 5.56 Å². The van der Waals surface area contributed by atoms with Gasteiger partial charge in [0.1, 0.15) is 23.9 Å². The molecular weight excluding hydrogens is 401 g/mol. The molecule has 5 heteroatoms. The summed E-state index contributed by atoms with van der Waals surface area (Å²) in [5.74, 6) is -0.139. The molecule has 0 aliphatic carbocycles. The van der Waals surface area contributed by atoms with Crippen LogP contribution in [0.15, 0.2) is 60.7 Å². The van der Waals surface area contributed by atoms with Gasteiger partial charge in [0, 0.05) is 5.39 Å². The maximum atomic E-state index is 15.5. The summed E-state index contributed by atoms with van der Waals surface area (Å²) in [6.07, 6.45) is 7.86. The van der Waals surface area contributed by atoms with Gasteiger partial charge in [-0.25, -0.2) is 4.39 Å². The highest BCUT2D eigenvalue weighted by Gasteiger charge is 2.19. The van der Waals surface area contributed by atoms with Crippen LogP contribution >= 0.6 is 0 Å². The second-order valence-corrected chi connectivity index (χ2v) is 7.36. The minimum absolute atomic E-state index is 0.0199. The van der Waals surface area contributed by atoms with Gasteiger partial charge in [-0.1, -0.05) is 62.2 Å². The highest BCUT2D eigenvalue weighted by Crippen LogP contribution is 2.39. The number of allylic oxidation sites excluding steroid dienone is 1.